The number of aromatic nitrogens is 4. The summed E-state index contributed by atoms with van der Waals surface area (Å²) in [5.74, 6) is -1.38. The van der Waals surface area contributed by atoms with Crippen LogP contribution < -0.4 is 0 Å². The fourth-order valence-corrected chi connectivity index (χ4v) is 1.84. The molecule has 0 aliphatic carbocycles. The van der Waals surface area contributed by atoms with Gasteiger partial charge in [0.05, 0.1) is 18.0 Å². The van der Waals surface area contributed by atoms with Crippen molar-refractivity contribution in [3.63, 3.8) is 0 Å². The molecule has 0 bridgehead atoms. The van der Waals surface area contributed by atoms with Crippen LogP contribution in [0.1, 0.15) is 19.4 Å². The van der Waals surface area contributed by atoms with Crippen molar-refractivity contribution in [1.29, 1.82) is 0 Å². The van der Waals surface area contributed by atoms with Crippen molar-refractivity contribution in [2.45, 2.75) is 19.4 Å². The van der Waals surface area contributed by atoms with Gasteiger partial charge in [0.1, 0.15) is 5.82 Å². The Labute approximate surface area is 112 Å². The lowest BCUT2D eigenvalue weighted by Gasteiger charge is -2.11. The Balaban J connectivity index is 2.41. The van der Waals surface area contributed by atoms with Gasteiger partial charge < -0.3 is 5.11 Å². The zero-order valence-corrected chi connectivity index (χ0v) is 10.7. The highest BCUT2D eigenvalue weighted by molar-refractivity contribution is 6.30. The van der Waals surface area contributed by atoms with Crippen LogP contribution in [0.5, 0.6) is 0 Å². The van der Waals surface area contributed by atoms with Gasteiger partial charge in [-0.2, -0.15) is 0 Å². The van der Waals surface area contributed by atoms with Crippen LogP contribution >= 0.6 is 11.6 Å². The van der Waals surface area contributed by atoms with E-state index in [-0.39, 0.29) is 22.8 Å². The summed E-state index contributed by atoms with van der Waals surface area (Å²) in [6.45, 7) is 1.64. The quantitative estimate of drug-likeness (QED) is 0.930. The van der Waals surface area contributed by atoms with E-state index in [0.29, 0.717) is 0 Å². The third-order valence-corrected chi connectivity index (χ3v) is 2.79. The van der Waals surface area contributed by atoms with Gasteiger partial charge in [-0.25, -0.2) is 9.07 Å². The second kappa shape index (κ2) is 5.31. The number of benzene rings is 1. The van der Waals surface area contributed by atoms with Crippen LogP contribution in [-0.2, 0) is 4.79 Å². The fourth-order valence-electron chi connectivity index (χ4n) is 1.68. The second-order valence-corrected chi connectivity index (χ2v) is 4.45. The standard InChI is InChI=1S/C11H10ClFN4O2/c1-6(4-10(18)19)17-11(14-15-16-17)8-3-2-7(12)5-9(8)13/h2-3,5-6H,4H2,1H3,(H,18,19). The van der Waals surface area contributed by atoms with Crippen LogP contribution in [0, 0.1) is 5.82 Å². The summed E-state index contributed by atoms with van der Waals surface area (Å²) in [5, 5.41) is 19.9. The Morgan fingerprint density at radius 2 is 2.32 bits per heavy atom. The predicted octanol–water partition coefficient (Wildman–Crippen LogP) is 2.17. The first-order chi connectivity index (χ1) is 8.99. The number of carboxylic acids is 1. The summed E-state index contributed by atoms with van der Waals surface area (Å²) in [6, 6.07) is 3.63. The molecule has 0 amide bonds. The molecule has 2 rings (SSSR count). The number of aliphatic carboxylic acids is 1. The van der Waals surface area contributed by atoms with Gasteiger partial charge in [-0.15, -0.1) is 5.10 Å². The Kier molecular flexibility index (Phi) is 3.75. The van der Waals surface area contributed by atoms with E-state index < -0.39 is 17.8 Å². The maximum Gasteiger partial charge on any atom is 0.305 e. The molecule has 19 heavy (non-hydrogen) atoms. The van der Waals surface area contributed by atoms with E-state index in [1.807, 2.05) is 0 Å². The lowest BCUT2D eigenvalue weighted by molar-refractivity contribution is -0.137. The molecule has 100 valence electrons. The molecule has 1 unspecified atom stereocenters. The third-order valence-electron chi connectivity index (χ3n) is 2.55. The van der Waals surface area contributed by atoms with E-state index >= 15 is 0 Å². The van der Waals surface area contributed by atoms with Crippen molar-refractivity contribution in [2.75, 3.05) is 0 Å². The highest BCUT2D eigenvalue weighted by Gasteiger charge is 2.19. The van der Waals surface area contributed by atoms with Gasteiger partial charge in [0, 0.05) is 5.02 Å². The van der Waals surface area contributed by atoms with Crippen molar-refractivity contribution in [2.24, 2.45) is 0 Å². The van der Waals surface area contributed by atoms with Crippen LogP contribution in [0.25, 0.3) is 11.4 Å². The minimum absolute atomic E-state index is 0.159. The van der Waals surface area contributed by atoms with Crippen molar-refractivity contribution >= 4 is 17.6 Å². The number of nitrogens with zero attached hydrogens (tertiary/aromatic N) is 4. The van der Waals surface area contributed by atoms with Crippen LogP contribution in [0.15, 0.2) is 18.2 Å². The Morgan fingerprint density at radius 3 is 2.95 bits per heavy atom. The number of hydrogen-bond acceptors (Lipinski definition) is 4. The summed E-state index contributed by atoms with van der Waals surface area (Å²) in [6.07, 6.45) is -0.159. The van der Waals surface area contributed by atoms with Crippen molar-refractivity contribution < 1.29 is 14.3 Å². The number of hydrogen-bond donors (Lipinski definition) is 1. The zero-order chi connectivity index (χ0) is 14.0. The van der Waals surface area contributed by atoms with E-state index in [1.54, 1.807) is 6.92 Å². The van der Waals surface area contributed by atoms with Gasteiger partial charge in [0.2, 0.25) is 0 Å². The van der Waals surface area contributed by atoms with Crippen molar-refractivity contribution in [1.82, 2.24) is 20.2 Å². The van der Waals surface area contributed by atoms with Gasteiger partial charge in [0.15, 0.2) is 5.82 Å². The normalized spacial score (nSPS) is 12.4. The summed E-state index contributed by atoms with van der Waals surface area (Å²) in [5.41, 5.74) is 0.173. The molecule has 0 spiro atoms. The van der Waals surface area contributed by atoms with Gasteiger partial charge >= 0.3 is 5.97 Å². The fraction of sp³-hybridized carbons (Fsp3) is 0.273. The molecule has 0 radical (unpaired) electrons. The molecular formula is C11H10ClFN4O2. The van der Waals surface area contributed by atoms with Crippen LogP contribution in [-0.4, -0.2) is 31.3 Å². The number of halogens is 2. The van der Waals surface area contributed by atoms with E-state index in [4.69, 9.17) is 16.7 Å². The Bertz CT molecular complexity index is 616. The SMILES string of the molecule is CC(CC(=O)O)n1nnnc1-c1ccc(Cl)cc1F. The molecule has 6 nitrogen and oxygen atoms in total. The molecule has 1 N–H and O–H groups in total. The van der Waals surface area contributed by atoms with E-state index in [2.05, 4.69) is 15.5 Å². The van der Waals surface area contributed by atoms with Gasteiger partial charge in [-0.05, 0) is 35.5 Å². The summed E-state index contributed by atoms with van der Waals surface area (Å²) < 4.78 is 15.1. The van der Waals surface area contributed by atoms with Gasteiger partial charge in [0.25, 0.3) is 0 Å². The average molecular weight is 285 g/mol. The summed E-state index contributed by atoms with van der Waals surface area (Å²) in [4.78, 5) is 10.7. The maximum atomic E-state index is 13.8. The first-order valence-corrected chi connectivity index (χ1v) is 5.82. The monoisotopic (exact) mass is 284 g/mol. The molecule has 8 heteroatoms. The highest BCUT2D eigenvalue weighted by atomic mass is 35.5. The average Bonchev–Trinajstić information content (AvgIpc) is 2.76. The smallest absolute Gasteiger partial charge is 0.305 e. The molecule has 1 heterocycles. The highest BCUT2D eigenvalue weighted by Crippen LogP contribution is 2.25. The molecular weight excluding hydrogens is 275 g/mol. The van der Waals surface area contributed by atoms with E-state index in [0.717, 1.165) is 6.07 Å². The minimum atomic E-state index is -0.981. The third kappa shape index (κ3) is 2.87. The number of carbonyl (C=O) groups is 1. The molecule has 1 aromatic heterocycles. The lowest BCUT2D eigenvalue weighted by atomic mass is 10.1. The minimum Gasteiger partial charge on any atom is -0.481 e. The topological polar surface area (TPSA) is 80.9 Å². The van der Waals surface area contributed by atoms with Gasteiger partial charge in [-0.3, -0.25) is 4.79 Å². The second-order valence-electron chi connectivity index (χ2n) is 4.02. The number of rotatable bonds is 4. The summed E-state index contributed by atoms with van der Waals surface area (Å²) >= 11 is 5.67. The molecule has 0 saturated carbocycles. The molecule has 0 saturated heterocycles. The lowest BCUT2D eigenvalue weighted by Crippen LogP contribution is -2.13. The van der Waals surface area contributed by atoms with Crippen LogP contribution in [0.4, 0.5) is 4.39 Å². The van der Waals surface area contributed by atoms with Gasteiger partial charge in [-0.1, -0.05) is 11.6 Å². The first kappa shape index (κ1) is 13.4. The van der Waals surface area contributed by atoms with Crippen LogP contribution in [0.2, 0.25) is 5.02 Å². The first-order valence-electron chi connectivity index (χ1n) is 5.44. The number of tetrazole rings is 1. The molecule has 2 aromatic rings. The maximum absolute atomic E-state index is 13.8. The Hall–Kier alpha value is -2.02. The van der Waals surface area contributed by atoms with E-state index in [1.165, 1.54) is 16.8 Å². The summed E-state index contributed by atoms with van der Waals surface area (Å²) in [7, 11) is 0. The van der Waals surface area contributed by atoms with E-state index in [9.17, 15) is 9.18 Å². The molecule has 0 fully saturated rings. The molecule has 1 aromatic carbocycles. The number of carboxylic acid groups (broad SMARTS) is 1. The van der Waals surface area contributed by atoms with Crippen molar-refractivity contribution in [3.8, 4) is 11.4 Å². The predicted molar refractivity (Wildman–Crippen MR) is 65.2 cm³/mol. The molecule has 0 aliphatic heterocycles. The van der Waals surface area contributed by atoms with Crippen LogP contribution in [0.3, 0.4) is 0 Å². The Morgan fingerprint density at radius 1 is 1.58 bits per heavy atom. The van der Waals surface area contributed by atoms with Crippen molar-refractivity contribution in [3.05, 3.63) is 29.0 Å². The zero-order valence-electron chi connectivity index (χ0n) is 9.92. The molecule has 0 aliphatic rings. The molecule has 1 atom stereocenters. The largest absolute Gasteiger partial charge is 0.481 e.